The summed E-state index contributed by atoms with van der Waals surface area (Å²) >= 11 is 0. The van der Waals surface area contributed by atoms with E-state index in [0.29, 0.717) is 17.4 Å². The molecule has 2 fully saturated rings. The monoisotopic (exact) mass is 323 g/mol. The van der Waals surface area contributed by atoms with E-state index in [0.717, 1.165) is 16.6 Å². The summed E-state index contributed by atoms with van der Waals surface area (Å²) in [6.45, 7) is 0. The van der Waals surface area contributed by atoms with Crippen LogP contribution in [0.15, 0.2) is 24.3 Å². The van der Waals surface area contributed by atoms with E-state index in [-0.39, 0.29) is 5.97 Å². The van der Waals surface area contributed by atoms with Crippen molar-refractivity contribution >= 4 is 16.9 Å². The van der Waals surface area contributed by atoms with Crippen LogP contribution in [0.5, 0.6) is 0 Å². The van der Waals surface area contributed by atoms with Crippen molar-refractivity contribution < 1.29 is 9.53 Å². The molecule has 2 aliphatic rings. The fourth-order valence-electron chi connectivity index (χ4n) is 4.57. The van der Waals surface area contributed by atoms with Crippen LogP contribution in [0.2, 0.25) is 0 Å². The Kier molecular flexibility index (Phi) is 4.26. The number of carbonyl (C=O) groups excluding carboxylic acids is 1. The van der Waals surface area contributed by atoms with E-state index in [4.69, 9.17) is 9.72 Å². The summed E-state index contributed by atoms with van der Waals surface area (Å²) in [5.41, 5.74) is 4.14. The normalized spacial score (nSPS) is 19.2. The molecule has 2 aliphatic carbocycles. The van der Waals surface area contributed by atoms with E-state index in [9.17, 15) is 4.79 Å². The molecule has 0 unspecified atom stereocenters. The lowest BCUT2D eigenvalue weighted by molar-refractivity contribution is 0.0602. The lowest BCUT2D eigenvalue weighted by atomic mass is 9.92. The summed E-state index contributed by atoms with van der Waals surface area (Å²) < 4.78 is 5.06. The van der Waals surface area contributed by atoms with Gasteiger partial charge in [0.15, 0.2) is 0 Å². The molecule has 1 heterocycles. The second-order valence-corrected chi connectivity index (χ2v) is 7.29. The molecule has 1 aromatic heterocycles. The molecule has 2 aromatic rings. The molecule has 4 rings (SSSR count). The van der Waals surface area contributed by atoms with Gasteiger partial charge in [0.25, 0.3) is 0 Å². The third-order valence-electron chi connectivity index (χ3n) is 5.86. The molecular weight excluding hydrogens is 298 g/mol. The zero-order valence-electron chi connectivity index (χ0n) is 14.4. The van der Waals surface area contributed by atoms with Crippen LogP contribution in [0, 0.1) is 0 Å². The van der Waals surface area contributed by atoms with Gasteiger partial charge in [0.2, 0.25) is 0 Å². The van der Waals surface area contributed by atoms with Crippen LogP contribution in [-0.2, 0) is 4.74 Å². The van der Waals surface area contributed by atoms with Crippen LogP contribution < -0.4 is 0 Å². The van der Waals surface area contributed by atoms with Gasteiger partial charge in [-0.15, -0.1) is 0 Å². The molecule has 3 heteroatoms. The van der Waals surface area contributed by atoms with Gasteiger partial charge >= 0.3 is 5.97 Å². The first kappa shape index (κ1) is 15.6. The molecule has 0 N–H and O–H groups in total. The molecule has 0 amide bonds. The van der Waals surface area contributed by atoms with Crippen LogP contribution in [0.4, 0.5) is 0 Å². The maximum atomic E-state index is 12.4. The Morgan fingerprint density at radius 3 is 2.38 bits per heavy atom. The van der Waals surface area contributed by atoms with Gasteiger partial charge in [-0.25, -0.2) is 4.79 Å². The van der Waals surface area contributed by atoms with Gasteiger partial charge in [0, 0.05) is 17.0 Å². The van der Waals surface area contributed by atoms with Crippen LogP contribution in [0.3, 0.4) is 0 Å². The van der Waals surface area contributed by atoms with Crippen LogP contribution in [0.25, 0.3) is 10.9 Å². The predicted molar refractivity (Wildman–Crippen MR) is 95.5 cm³/mol. The molecule has 24 heavy (non-hydrogen) atoms. The Balaban J connectivity index is 1.91. The Morgan fingerprint density at radius 1 is 1.04 bits per heavy atom. The Hall–Kier alpha value is -1.90. The number of fused-ring (bicyclic) bond motifs is 1. The van der Waals surface area contributed by atoms with E-state index in [2.05, 4.69) is 12.1 Å². The summed E-state index contributed by atoms with van der Waals surface area (Å²) in [5.74, 6) is 0.838. The van der Waals surface area contributed by atoms with E-state index in [1.807, 2.05) is 12.1 Å². The van der Waals surface area contributed by atoms with Crippen LogP contribution in [0.1, 0.15) is 84.8 Å². The lowest BCUT2D eigenvalue weighted by Crippen LogP contribution is -2.08. The standard InChI is InChI=1S/C21H25NO2/c1-24-21(23)18-13-19(15-9-4-5-10-15)22-20-16(11-6-12-17(18)20)14-7-2-3-8-14/h6,11-15H,2-5,7-10H2,1H3. The van der Waals surface area contributed by atoms with Crippen molar-refractivity contribution in [1.29, 1.82) is 0 Å². The van der Waals surface area contributed by atoms with E-state index >= 15 is 0 Å². The van der Waals surface area contributed by atoms with Crippen molar-refractivity contribution in [2.45, 2.75) is 63.2 Å². The summed E-state index contributed by atoms with van der Waals surface area (Å²) in [6, 6.07) is 8.29. The molecule has 0 spiro atoms. The number of hydrogen-bond acceptors (Lipinski definition) is 3. The van der Waals surface area contributed by atoms with Crippen molar-refractivity contribution in [1.82, 2.24) is 4.98 Å². The highest BCUT2D eigenvalue weighted by Crippen LogP contribution is 2.40. The number of pyridine rings is 1. The van der Waals surface area contributed by atoms with E-state index in [1.54, 1.807) is 0 Å². The second-order valence-electron chi connectivity index (χ2n) is 7.29. The fourth-order valence-corrected chi connectivity index (χ4v) is 4.57. The molecule has 0 aliphatic heterocycles. The molecule has 0 bridgehead atoms. The number of hydrogen-bond donors (Lipinski definition) is 0. The van der Waals surface area contributed by atoms with Crippen molar-refractivity contribution in [3.05, 3.63) is 41.1 Å². The molecule has 126 valence electrons. The van der Waals surface area contributed by atoms with E-state index in [1.165, 1.54) is 64.0 Å². The highest BCUT2D eigenvalue weighted by atomic mass is 16.5. The molecule has 3 nitrogen and oxygen atoms in total. The number of para-hydroxylation sites is 1. The van der Waals surface area contributed by atoms with Gasteiger partial charge in [0.1, 0.15) is 0 Å². The number of carbonyl (C=O) groups is 1. The quantitative estimate of drug-likeness (QED) is 0.716. The van der Waals surface area contributed by atoms with Gasteiger partial charge in [-0.1, -0.05) is 43.9 Å². The van der Waals surface area contributed by atoms with Crippen LogP contribution >= 0.6 is 0 Å². The first-order chi connectivity index (χ1) is 11.8. The summed E-state index contributed by atoms with van der Waals surface area (Å²) in [5, 5.41) is 0.952. The van der Waals surface area contributed by atoms with Crippen molar-refractivity contribution in [2.75, 3.05) is 7.11 Å². The van der Waals surface area contributed by atoms with Crippen LogP contribution in [-0.4, -0.2) is 18.1 Å². The number of aromatic nitrogens is 1. The van der Waals surface area contributed by atoms with Gasteiger partial charge < -0.3 is 4.74 Å². The van der Waals surface area contributed by atoms with Gasteiger partial charge in [-0.2, -0.15) is 0 Å². The molecule has 0 atom stereocenters. The molecular formula is C21H25NO2. The number of methoxy groups -OCH3 is 1. The fraction of sp³-hybridized carbons (Fsp3) is 0.524. The Morgan fingerprint density at radius 2 is 1.71 bits per heavy atom. The molecule has 0 saturated heterocycles. The highest BCUT2D eigenvalue weighted by Gasteiger charge is 2.25. The summed E-state index contributed by atoms with van der Waals surface area (Å²) in [7, 11) is 1.46. The largest absolute Gasteiger partial charge is 0.465 e. The number of esters is 1. The topological polar surface area (TPSA) is 39.2 Å². The summed E-state index contributed by atoms with van der Waals surface area (Å²) in [6.07, 6.45) is 9.98. The average Bonchev–Trinajstić information content (AvgIpc) is 3.33. The zero-order chi connectivity index (χ0) is 16.5. The summed E-state index contributed by atoms with van der Waals surface area (Å²) in [4.78, 5) is 17.4. The predicted octanol–water partition coefficient (Wildman–Crippen LogP) is 5.34. The maximum Gasteiger partial charge on any atom is 0.338 e. The third kappa shape index (κ3) is 2.70. The SMILES string of the molecule is COC(=O)c1cc(C2CCCC2)nc2c(C3CCCC3)cccc12. The van der Waals surface area contributed by atoms with Crippen molar-refractivity contribution in [2.24, 2.45) is 0 Å². The smallest absolute Gasteiger partial charge is 0.338 e. The minimum absolute atomic E-state index is 0.245. The zero-order valence-corrected chi connectivity index (χ0v) is 14.4. The maximum absolute atomic E-state index is 12.4. The Bertz CT molecular complexity index is 756. The van der Waals surface area contributed by atoms with Crippen molar-refractivity contribution in [3.63, 3.8) is 0 Å². The van der Waals surface area contributed by atoms with Gasteiger partial charge in [-0.05, 0) is 43.2 Å². The average molecular weight is 323 g/mol. The van der Waals surface area contributed by atoms with Crippen molar-refractivity contribution in [3.8, 4) is 0 Å². The second kappa shape index (κ2) is 6.54. The number of rotatable bonds is 3. The first-order valence-corrected chi connectivity index (χ1v) is 9.30. The molecule has 0 radical (unpaired) electrons. The Labute approximate surface area is 143 Å². The van der Waals surface area contributed by atoms with E-state index < -0.39 is 0 Å². The molecule has 2 saturated carbocycles. The third-order valence-corrected chi connectivity index (χ3v) is 5.86. The van der Waals surface area contributed by atoms with Gasteiger partial charge in [0.05, 0.1) is 18.2 Å². The number of ether oxygens (including phenoxy) is 1. The highest BCUT2D eigenvalue weighted by molar-refractivity contribution is 6.04. The number of nitrogens with zero attached hydrogens (tertiary/aromatic N) is 1. The minimum atomic E-state index is -0.245. The first-order valence-electron chi connectivity index (χ1n) is 9.30. The lowest BCUT2D eigenvalue weighted by Gasteiger charge is -2.17. The van der Waals surface area contributed by atoms with Gasteiger partial charge in [-0.3, -0.25) is 4.98 Å². The minimum Gasteiger partial charge on any atom is -0.465 e. The number of benzene rings is 1. The molecule has 1 aromatic carbocycles.